The Morgan fingerprint density at radius 2 is 1.15 bits per heavy atom. The van der Waals surface area contributed by atoms with E-state index in [1.165, 1.54) is 0 Å². The van der Waals surface area contributed by atoms with Gasteiger partial charge in [0, 0.05) is 84.2 Å². The average molecular weight is 649 g/mol. The second-order valence-corrected chi connectivity index (χ2v) is 12.6. The average Bonchev–Trinajstić information content (AvgIpc) is 3.54. The van der Waals surface area contributed by atoms with E-state index in [0.29, 0.717) is 58.5 Å². The lowest BCUT2D eigenvalue weighted by atomic mass is 9.97. The Bertz CT molecular complexity index is 2030. The van der Waals surface area contributed by atoms with E-state index in [4.69, 9.17) is 0 Å². The Kier molecular flexibility index (Phi) is 9.11. The molecule has 0 N–H and O–H groups in total. The van der Waals surface area contributed by atoms with Crippen LogP contribution in [0.4, 0.5) is 0 Å². The molecule has 0 fully saturated rings. The van der Waals surface area contributed by atoms with Gasteiger partial charge in [0.25, 0.3) is 5.91 Å². The summed E-state index contributed by atoms with van der Waals surface area (Å²) in [6.45, 7) is 10.00. The van der Waals surface area contributed by atoms with Crippen molar-refractivity contribution in [2.45, 2.75) is 53.4 Å². The first-order chi connectivity index (χ1) is 23.2. The molecule has 0 saturated heterocycles. The third kappa shape index (κ3) is 5.15. The topological polar surface area (TPSA) is 96.9 Å². The van der Waals surface area contributed by atoms with Crippen molar-refractivity contribution in [3.63, 3.8) is 0 Å². The van der Waals surface area contributed by atoms with Crippen molar-refractivity contribution in [3.8, 4) is 0 Å². The molecule has 2 aliphatic rings. The van der Waals surface area contributed by atoms with Gasteiger partial charge in [-0.05, 0) is 43.9 Å². The summed E-state index contributed by atoms with van der Waals surface area (Å²) in [7, 11) is 3.73. The minimum absolute atomic E-state index is 0.0422. The van der Waals surface area contributed by atoms with Crippen molar-refractivity contribution in [1.29, 1.82) is 0 Å². The Morgan fingerprint density at radius 3 is 1.67 bits per heavy atom. The van der Waals surface area contributed by atoms with Gasteiger partial charge in [0.1, 0.15) is 11.4 Å². The molecular formula is C38H44N6O4. The molecule has 2 aromatic heterocycles. The molecule has 0 atom stereocenters. The fourth-order valence-electron chi connectivity index (χ4n) is 7.28. The van der Waals surface area contributed by atoms with Crippen molar-refractivity contribution < 1.29 is 14.3 Å². The summed E-state index contributed by atoms with van der Waals surface area (Å²) in [6, 6.07) is 15.5. The van der Waals surface area contributed by atoms with Crippen LogP contribution in [-0.4, -0.2) is 66.8 Å². The SMILES string of the molecule is CCCN(CCC)C(=O)C1=Cc2c(n(C)c3ccccc23)C(=C2c3c(c4ccccc4n3C)C=C(C(=O)N(CCC)CCC)[N+]2=O)N1[O-]. The summed E-state index contributed by atoms with van der Waals surface area (Å²) in [4.78, 5) is 46.8. The monoisotopic (exact) mass is 648 g/mol. The van der Waals surface area contributed by atoms with Gasteiger partial charge in [0.2, 0.25) is 0 Å². The summed E-state index contributed by atoms with van der Waals surface area (Å²) < 4.78 is 4.44. The Balaban J connectivity index is 1.71. The molecule has 4 heterocycles. The molecule has 4 aromatic rings. The summed E-state index contributed by atoms with van der Waals surface area (Å²) in [6.07, 6.45) is 6.29. The van der Waals surface area contributed by atoms with Gasteiger partial charge in [-0.3, -0.25) is 9.59 Å². The van der Waals surface area contributed by atoms with E-state index >= 15 is 0 Å². The third-order valence-electron chi connectivity index (χ3n) is 9.36. The zero-order chi connectivity index (χ0) is 34.3. The number of nitrogens with zero attached hydrogens (tertiary/aromatic N) is 6. The van der Waals surface area contributed by atoms with Crippen LogP contribution in [0.15, 0.2) is 59.9 Å². The normalized spacial score (nSPS) is 15.8. The number of benzene rings is 2. The van der Waals surface area contributed by atoms with Crippen LogP contribution in [0.3, 0.4) is 0 Å². The summed E-state index contributed by atoms with van der Waals surface area (Å²) in [5, 5.41) is 17.3. The molecule has 2 amide bonds. The molecule has 0 unspecified atom stereocenters. The van der Waals surface area contributed by atoms with Crippen LogP contribution in [0.5, 0.6) is 0 Å². The molecule has 48 heavy (non-hydrogen) atoms. The number of amides is 2. The van der Waals surface area contributed by atoms with Gasteiger partial charge in [-0.15, -0.1) is 0 Å². The van der Waals surface area contributed by atoms with E-state index in [-0.39, 0.29) is 34.6 Å². The maximum atomic E-state index is 14.9. The van der Waals surface area contributed by atoms with Crippen LogP contribution >= 0.6 is 0 Å². The minimum Gasteiger partial charge on any atom is -0.753 e. The highest BCUT2D eigenvalue weighted by Gasteiger charge is 2.46. The quantitative estimate of drug-likeness (QED) is 0.171. The first-order valence-electron chi connectivity index (χ1n) is 17.1. The number of aromatic nitrogens is 2. The minimum atomic E-state index is -0.389. The number of rotatable bonds is 10. The molecular weight excluding hydrogens is 604 g/mol. The molecule has 250 valence electrons. The lowest BCUT2D eigenvalue weighted by Gasteiger charge is -2.39. The molecule has 0 saturated carbocycles. The van der Waals surface area contributed by atoms with Gasteiger partial charge >= 0.3 is 17.3 Å². The third-order valence-corrected chi connectivity index (χ3v) is 9.36. The molecule has 10 heteroatoms. The van der Waals surface area contributed by atoms with Gasteiger partial charge < -0.3 is 29.2 Å². The van der Waals surface area contributed by atoms with Crippen LogP contribution in [0.2, 0.25) is 0 Å². The van der Waals surface area contributed by atoms with Crippen molar-refractivity contribution in [3.05, 3.63) is 92.6 Å². The molecule has 0 aliphatic carbocycles. The number of fused-ring (bicyclic) bond motifs is 6. The molecule has 0 radical (unpaired) electrons. The summed E-state index contributed by atoms with van der Waals surface area (Å²) in [5.41, 5.74) is 4.08. The van der Waals surface area contributed by atoms with Crippen LogP contribution in [0.1, 0.15) is 75.9 Å². The van der Waals surface area contributed by atoms with E-state index in [0.717, 1.165) is 47.5 Å². The predicted octanol–water partition coefficient (Wildman–Crippen LogP) is 7.08. The van der Waals surface area contributed by atoms with E-state index in [9.17, 15) is 19.7 Å². The zero-order valence-corrected chi connectivity index (χ0v) is 28.7. The fourth-order valence-corrected chi connectivity index (χ4v) is 7.28. The van der Waals surface area contributed by atoms with Gasteiger partial charge in [-0.25, -0.2) is 0 Å². The van der Waals surface area contributed by atoms with Crippen LogP contribution in [0, 0.1) is 10.1 Å². The Morgan fingerprint density at radius 1 is 0.688 bits per heavy atom. The van der Waals surface area contributed by atoms with Gasteiger partial charge in [0.05, 0.1) is 16.2 Å². The number of hydroxylamine groups is 2. The van der Waals surface area contributed by atoms with Gasteiger partial charge in [-0.1, -0.05) is 64.1 Å². The molecule has 0 spiro atoms. The number of nitroso groups, excluding NO2 is 1. The molecule has 2 aromatic carbocycles. The van der Waals surface area contributed by atoms with Gasteiger partial charge in [0.15, 0.2) is 0 Å². The Hall–Kier alpha value is -4.96. The van der Waals surface area contributed by atoms with Crippen molar-refractivity contribution >= 4 is 57.2 Å². The molecule has 6 rings (SSSR count). The Labute approximate surface area is 281 Å². The van der Waals surface area contributed by atoms with Crippen LogP contribution < -0.4 is 0 Å². The second kappa shape index (κ2) is 13.3. The van der Waals surface area contributed by atoms with E-state index in [1.54, 1.807) is 22.0 Å². The smallest absolute Gasteiger partial charge is 0.328 e. The van der Waals surface area contributed by atoms with Crippen molar-refractivity contribution in [2.75, 3.05) is 26.2 Å². The highest BCUT2D eigenvalue weighted by molar-refractivity contribution is 6.11. The number of carbonyl (C=O) groups is 2. The highest BCUT2D eigenvalue weighted by atomic mass is 16.5. The largest absolute Gasteiger partial charge is 0.753 e. The number of aryl methyl sites for hydroxylation is 2. The maximum absolute atomic E-state index is 14.9. The maximum Gasteiger partial charge on any atom is 0.328 e. The summed E-state index contributed by atoms with van der Waals surface area (Å²) >= 11 is 0. The van der Waals surface area contributed by atoms with Crippen molar-refractivity contribution in [2.24, 2.45) is 14.1 Å². The fraction of sp³-hybridized carbons (Fsp3) is 0.368. The zero-order valence-electron chi connectivity index (χ0n) is 28.7. The van der Waals surface area contributed by atoms with E-state index < -0.39 is 0 Å². The molecule has 10 nitrogen and oxygen atoms in total. The number of carbonyl (C=O) groups excluding carboxylic acids is 2. The first kappa shape index (κ1) is 33.0. The number of hydrogen-bond donors (Lipinski definition) is 0. The second-order valence-electron chi connectivity index (χ2n) is 12.6. The first-order valence-corrected chi connectivity index (χ1v) is 17.1. The lowest BCUT2D eigenvalue weighted by Crippen LogP contribution is -2.40. The number of para-hydroxylation sites is 2. The van der Waals surface area contributed by atoms with E-state index in [1.807, 2.05) is 99.5 Å². The molecule has 2 aliphatic heterocycles. The lowest BCUT2D eigenvalue weighted by molar-refractivity contribution is -0.393. The van der Waals surface area contributed by atoms with Crippen molar-refractivity contribution in [1.82, 2.24) is 24.0 Å². The van der Waals surface area contributed by atoms with E-state index in [2.05, 4.69) is 0 Å². The predicted molar refractivity (Wildman–Crippen MR) is 192 cm³/mol. The summed E-state index contributed by atoms with van der Waals surface area (Å²) in [5.74, 6) is -0.778. The van der Waals surface area contributed by atoms with Crippen LogP contribution in [-0.2, 0) is 23.7 Å². The van der Waals surface area contributed by atoms with Gasteiger partial charge in [-0.2, -0.15) is 0 Å². The molecule has 0 bridgehead atoms. The number of hydrogen-bond acceptors (Lipinski definition) is 5. The standard InChI is InChI=1S/C38H44N6O4/c1-7-19-41(20-8-2)37(45)31-23-27-25-15-11-13-17-29(25)39(5)33(27)35(43(31)47)36-34-28(26-16-12-14-18-30(26)40(34)6)24-32(44(36)48)38(46)42(21-9-3)22-10-4/h11-18,23-24H,7-10,19-22H2,1-6H3. The highest BCUT2D eigenvalue weighted by Crippen LogP contribution is 2.47. The van der Waals surface area contributed by atoms with Crippen LogP contribution in [0.25, 0.3) is 45.4 Å².